The fourth-order valence-electron chi connectivity index (χ4n) is 3.20. The predicted molar refractivity (Wildman–Crippen MR) is 94.9 cm³/mol. The standard InChI is InChI=1S/C21H19N/c1-15(2)16-12-13-19-18-10-6-7-11-20(18)22(21(19)14-16)17-8-4-3-5-9-17/h3-15H,1-2H3. The summed E-state index contributed by atoms with van der Waals surface area (Å²) in [6.07, 6.45) is 0. The van der Waals surface area contributed by atoms with Gasteiger partial charge in [-0.05, 0) is 35.7 Å². The quantitative estimate of drug-likeness (QED) is 0.431. The lowest BCUT2D eigenvalue weighted by atomic mass is 10.0. The van der Waals surface area contributed by atoms with Crippen molar-refractivity contribution in [1.29, 1.82) is 0 Å². The molecule has 4 aromatic rings. The summed E-state index contributed by atoms with van der Waals surface area (Å²) in [6.45, 7) is 4.49. The van der Waals surface area contributed by atoms with Crippen LogP contribution in [0.2, 0.25) is 0 Å². The molecule has 4 rings (SSSR count). The summed E-state index contributed by atoms with van der Waals surface area (Å²) < 4.78 is 2.37. The van der Waals surface area contributed by atoms with Crippen LogP contribution in [0, 0.1) is 0 Å². The van der Waals surface area contributed by atoms with Crippen LogP contribution in [0.1, 0.15) is 25.3 Å². The van der Waals surface area contributed by atoms with E-state index in [-0.39, 0.29) is 0 Å². The minimum atomic E-state index is 0.534. The van der Waals surface area contributed by atoms with Crippen molar-refractivity contribution in [3.8, 4) is 5.69 Å². The first-order chi connectivity index (χ1) is 10.8. The SMILES string of the molecule is CC(C)c1ccc2c3ccccc3n(-c3ccccc3)c2c1. The molecular weight excluding hydrogens is 266 g/mol. The van der Waals surface area contributed by atoms with Crippen molar-refractivity contribution in [2.75, 3.05) is 0 Å². The molecule has 0 aliphatic rings. The van der Waals surface area contributed by atoms with E-state index in [0.29, 0.717) is 5.92 Å². The summed E-state index contributed by atoms with van der Waals surface area (Å²) >= 11 is 0. The molecule has 0 atom stereocenters. The van der Waals surface area contributed by atoms with E-state index in [1.165, 1.54) is 33.1 Å². The van der Waals surface area contributed by atoms with Gasteiger partial charge in [-0.1, -0.05) is 62.4 Å². The van der Waals surface area contributed by atoms with Gasteiger partial charge >= 0.3 is 0 Å². The number of fused-ring (bicyclic) bond motifs is 3. The second-order valence-electron chi connectivity index (χ2n) is 6.12. The maximum absolute atomic E-state index is 2.37. The van der Waals surface area contributed by atoms with Crippen LogP contribution >= 0.6 is 0 Å². The van der Waals surface area contributed by atoms with E-state index < -0.39 is 0 Å². The Morgan fingerprint density at radius 1 is 0.682 bits per heavy atom. The zero-order valence-corrected chi connectivity index (χ0v) is 13.0. The zero-order chi connectivity index (χ0) is 15.1. The van der Waals surface area contributed by atoms with Gasteiger partial charge in [0.15, 0.2) is 0 Å². The lowest BCUT2D eigenvalue weighted by Crippen LogP contribution is -1.94. The van der Waals surface area contributed by atoms with E-state index in [9.17, 15) is 0 Å². The number of nitrogens with zero attached hydrogens (tertiary/aromatic N) is 1. The van der Waals surface area contributed by atoms with Crippen molar-refractivity contribution in [1.82, 2.24) is 4.57 Å². The molecule has 0 aliphatic heterocycles. The van der Waals surface area contributed by atoms with E-state index in [4.69, 9.17) is 0 Å². The highest BCUT2D eigenvalue weighted by Gasteiger charge is 2.12. The summed E-state index contributed by atoms with van der Waals surface area (Å²) in [7, 11) is 0. The van der Waals surface area contributed by atoms with Crippen molar-refractivity contribution >= 4 is 21.8 Å². The largest absolute Gasteiger partial charge is 0.309 e. The van der Waals surface area contributed by atoms with Gasteiger partial charge in [0.05, 0.1) is 11.0 Å². The maximum atomic E-state index is 2.37. The minimum absolute atomic E-state index is 0.534. The average molecular weight is 285 g/mol. The van der Waals surface area contributed by atoms with Crippen molar-refractivity contribution < 1.29 is 0 Å². The molecule has 1 heterocycles. The zero-order valence-electron chi connectivity index (χ0n) is 13.0. The molecular formula is C21H19N. The Morgan fingerprint density at radius 3 is 2.14 bits per heavy atom. The fraction of sp³-hybridized carbons (Fsp3) is 0.143. The second kappa shape index (κ2) is 5.03. The van der Waals surface area contributed by atoms with Gasteiger partial charge in [-0.2, -0.15) is 0 Å². The van der Waals surface area contributed by atoms with Gasteiger partial charge in [0.25, 0.3) is 0 Å². The number of hydrogen-bond acceptors (Lipinski definition) is 0. The van der Waals surface area contributed by atoms with Crippen LogP contribution in [0.3, 0.4) is 0 Å². The molecule has 108 valence electrons. The van der Waals surface area contributed by atoms with Gasteiger partial charge in [-0.15, -0.1) is 0 Å². The molecule has 0 N–H and O–H groups in total. The highest BCUT2D eigenvalue weighted by molar-refractivity contribution is 6.09. The van der Waals surface area contributed by atoms with E-state index in [2.05, 4.69) is 91.2 Å². The molecule has 0 saturated carbocycles. The molecule has 0 unspecified atom stereocenters. The Morgan fingerprint density at radius 2 is 1.36 bits per heavy atom. The lowest BCUT2D eigenvalue weighted by Gasteiger charge is -2.10. The molecule has 0 fully saturated rings. The number of hydrogen-bond donors (Lipinski definition) is 0. The Bertz CT molecular complexity index is 946. The minimum Gasteiger partial charge on any atom is -0.309 e. The summed E-state index contributed by atoms with van der Waals surface area (Å²) in [5, 5.41) is 2.64. The molecule has 0 saturated heterocycles. The molecule has 1 aromatic heterocycles. The fourth-order valence-corrected chi connectivity index (χ4v) is 3.20. The topological polar surface area (TPSA) is 4.93 Å². The molecule has 0 bridgehead atoms. The van der Waals surface area contributed by atoms with Gasteiger partial charge in [0, 0.05) is 16.5 Å². The van der Waals surface area contributed by atoms with Crippen LogP contribution < -0.4 is 0 Å². The smallest absolute Gasteiger partial charge is 0.0543 e. The van der Waals surface area contributed by atoms with Crippen LogP contribution in [0.25, 0.3) is 27.5 Å². The molecule has 22 heavy (non-hydrogen) atoms. The molecule has 1 heteroatoms. The van der Waals surface area contributed by atoms with Gasteiger partial charge in [-0.25, -0.2) is 0 Å². The molecule has 0 amide bonds. The van der Waals surface area contributed by atoms with E-state index in [1.54, 1.807) is 0 Å². The predicted octanol–water partition coefficient (Wildman–Crippen LogP) is 5.91. The monoisotopic (exact) mass is 285 g/mol. The van der Waals surface area contributed by atoms with Gasteiger partial charge in [-0.3, -0.25) is 0 Å². The Balaban J connectivity index is 2.16. The van der Waals surface area contributed by atoms with Crippen molar-refractivity contribution in [2.45, 2.75) is 19.8 Å². The van der Waals surface area contributed by atoms with Crippen LogP contribution in [0.4, 0.5) is 0 Å². The number of benzene rings is 3. The molecule has 0 spiro atoms. The number of rotatable bonds is 2. The molecule has 0 radical (unpaired) electrons. The Kier molecular flexibility index (Phi) is 3.00. The maximum Gasteiger partial charge on any atom is 0.0543 e. The van der Waals surface area contributed by atoms with Crippen molar-refractivity contribution in [2.24, 2.45) is 0 Å². The Hall–Kier alpha value is -2.54. The summed E-state index contributed by atoms with van der Waals surface area (Å²) in [5.74, 6) is 0.534. The highest BCUT2D eigenvalue weighted by Crippen LogP contribution is 2.33. The Labute approximate surface area is 130 Å². The first-order valence-electron chi connectivity index (χ1n) is 7.84. The lowest BCUT2D eigenvalue weighted by molar-refractivity contribution is 0.868. The van der Waals surface area contributed by atoms with Crippen LogP contribution in [0.5, 0.6) is 0 Å². The van der Waals surface area contributed by atoms with E-state index in [0.717, 1.165) is 0 Å². The van der Waals surface area contributed by atoms with Crippen LogP contribution in [0.15, 0.2) is 72.8 Å². The van der Waals surface area contributed by atoms with Gasteiger partial charge in [0.2, 0.25) is 0 Å². The van der Waals surface area contributed by atoms with E-state index >= 15 is 0 Å². The highest BCUT2D eigenvalue weighted by atomic mass is 15.0. The normalized spacial score (nSPS) is 11.6. The third kappa shape index (κ3) is 1.93. The van der Waals surface area contributed by atoms with Crippen molar-refractivity contribution in [3.63, 3.8) is 0 Å². The average Bonchev–Trinajstić information content (AvgIpc) is 2.89. The third-order valence-electron chi connectivity index (χ3n) is 4.38. The van der Waals surface area contributed by atoms with Crippen LogP contribution in [-0.4, -0.2) is 4.57 Å². The summed E-state index contributed by atoms with van der Waals surface area (Å²) in [4.78, 5) is 0. The third-order valence-corrected chi connectivity index (χ3v) is 4.38. The number of aromatic nitrogens is 1. The van der Waals surface area contributed by atoms with Gasteiger partial charge in [0.1, 0.15) is 0 Å². The number of para-hydroxylation sites is 2. The molecule has 0 aliphatic carbocycles. The second-order valence-corrected chi connectivity index (χ2v) is 6.12. The molecule has 1 nitrogen and oxygen atoms in total. The molecule has 3 aromatic carbocycles. The van der Waals surface area contributed by atoms with Crippen molar-refractivity contribution in [3.05, 3.63) is 78.4 Å². The summed E-state index contributed by atoms with van der Waals surface area (Å²) in [6, 6.07) is 26.1. The first kappa shape index (κ1) is 13.1. The first-order valence-corrected chi connectivity index (χ1v) is 7.84. The summed E-state index contributed by atoms with van der Waals surface area (Å²) in [5.41, 5.74) is 5.16. The van der Waals surface area contributed by atoms with Crippen LogP contribution in [-0.2, 0) is 0 Å². The van der Waals surface area contributed by atoms with Gasteiger partial charge < -0.3 is 4.57 Å². The van der Waals surface area contributed by atoms with E-state index in [1.807, 2.05) is 0 Å².